The van der Waals surface area contributed by atoms with Crippen molar-refractivity contribution in [3.63, 3.8) is 0 Å². The van der Waals surface area contributed by atoms with Gasteiger partial charge >= 0.3 is 6.03 Å². The van der Waals surface area contributed by atoms with E-state index in [1.54, 1.807) is 4.52 Å². The molecule has 2 aromatic heterocycles. The van der Waals surface area contributed by atoms with Gasteiger partial charge in [0.25, 0.3) is 0 Å². The van der Waals surface area contributed by atoms with Crippen molar-refractivity contribution in [2.75, 3.05) is 18.0 Å². The van der Waals surface area contributed by atoms with E-state index in [1.165, 1.54) is 0 Å². The fraction of sp³-hybridized carbons (Fsp3) is 0.600. The summed E-state index contributed by atoms with van der Waals surface area (Å²) >= 11 is 0. The molecular weight excluding hydrogens is 294 g/mol. The van der Waals surface area contributed by atoms with Gasteiger partial charge in [0.1, 0.15) is 5.82 Å². The maximum atomic E-state index is 11.8. The first-order chi connectivity index (χ1) is 11.0. The number of aromatic nitrogens is 4. The molecule has 0 atom stereocenters. The summed E-state index contributed by atoms with van der Waals surface area (Å²) in [5.41, 5.74) is 0.758. The minimum absolute atomic E-state index is 0.0851. The van der Waals surface area contributed by atoms with Crippen LogP contribution in [-0.2, 0) is 0 Å². The molecular formula is C15H23N7O. The molecule has 23 heavy (non-hydrogen) atoms. The highest BCUT2D eigenvalue weighted by molar-refractivity contribution is 5.74. The minimum Gasteiger partial charge on any atom is -0.355 e. The van der Waals surface area contributed by atoms with Gasteiger partial charge in [0, 0.05) is 25.2 Å². The summed E-state index contributed by atoms with van der Waals surface area (Å²) in [5, 5.41) is 18.6. The van der Waals surface area contributed by atoms with E-state index in [0.29, 0.717) is 0 Å². The highest BCUT2D eigenvalue weighted by Crippen LogP contribution is 2.18. The zero-order valence-electron chi connectivity index (χ0n) is 13.8. The van der Waals surface area contributed by atoms with Gasteiger partial charge in [-0.25, -0.2) is 4.79 Å². The maximum absolute atomic E-state index is 11.8. The van der Waals surface area contributed by atoms with Crippen molar-refractivity contribution in [2.24, 2.45) is 0 Å². The number of carbonyl (C=O) groups is 1. The van der Waals surface area contributed by atoms with Crippen molar-refractivity contribution in [3.8, 4) is 0 Å². The summed E-state index contributed by atoms with van der Waals surface area (Å²) in [7, 11) is 0. The molecule has 8 heteroatoms. The Morgan fingerprint density at radius 2 is 2.00 bits per heavy atom. The summed E-state index contributed by atoms with van der Waals surface area (Å²) in [4.78, 5) is 14.0. The lowest BCUT2D eigenvalue weighted by atomic mass is 10.1. The second-order valence-electron chi connectivity index (χ2n) is 6.24. The minimum atomic E-state index is -0.0851. The number of piperidine rings is 1. The summed E-state index contributed by atoms with van der Waals surface area (Å²) in [6.07, 6.45) is 1.82. The molecule has 1 aliphatic rings. The van der Waals surface area contributed by atoms with Gasteiger partial charge in [-0.15, -0.1) is 15.3 Å². The van der Waals surface area contributed by atoms with Crippen LogP contribution < -0.4 is 15.5 Å². The average molecular weight is 317 g/mol. The Bertz CT molecular complexity index is 688. The van der Waals surface area contributed by atoms with E-state index in [4.69, 9.17) is 0 Å². The third kappa shape index (κ3) is 3.52. The molecule has 8 nitrogen and oxygen atoms in total. The van der Waals surface area contributed by atoms with Crippen LogP contribution in [0.3, 0.4) is 0 Å². The molecule has 2 amide bonds. The first-order valence-electron chi connectivity index (χ1n) is 8.04. The highest BCUT2D eigenvalue weighted by Gasteiger charge is 2.22. The molecule has 1 aliphatic heterocycles. The first-order valence-corrected chi connectivity index (χ1v) is 8.04. The fourth-order valence-electron chi connectivity index (χ4n) is 2.80. The van der Waals surface area contributed by atoms with Gasteiger partial charge in [-0.1, -0.05) is 0 Å². The molecule has 0 spiro atoms. The van der Waals surface area contributed by atoms with Crippen LogP contribution in [0.5, 0.6) is 0 Å². The number of carbonyl (C=O) groups excluding carboxylic acids is 1. The summed E-state index contributed by atoms with van der Waals surface area (Å²) in [6, 6.07) is 4.19. The van der Waals surface area contributed by atoms with Crippen LogP contribution >= 0.6 is 0 Å². The standard InChI is InChI=1S/C15H23N7O/c1-10(2)16-15(23)17-12-6-8-21(9-7-12)14-5-4-13-19-18-11(3)22(13)20-14/h4-5,10,12H,6-9H2,1-3H3,(H2,16,17,23). The van der Waals surface area contributed by atoms with Gasteiger partial charge in [-0.2, -0.15) is 4.52 Å². The molecule has 3 rings (SSSR count). The quantitative estimate of drug-likeness (QED) is 0.885. The van der Waals surface area contributed by atoms with Crippen LogP contribution in [-0.4, -0.2) is 51.0 Å². The number of amides is 2. The number of nitrogens with one attached hydrogen (secondary N) is 2. The number of fused-ring (bicyclic) bond motifs is 1. The lowest BCUT2D eigenvalue weighted by Crippen LogP contribution is -2.49. The maximum Gasteiger partial charge on any atom is 0.315 e. The van der Waals surface area contributed by atoms with E-state index in [2.05, 4.69) is 30.8 Å². The predicted molar refractivity (Wildman–Crippen MR) is 87.6 cm³/mol. The topological polar surface area (TPSA) is 87.5 Å². The smallest absolute Gasteiger partial charge is 0.315 e. The number of nitrogens with zero attached hydrogens (tertiary/aromatic N) is 5. The molecule has 0 unspecified atom stereocenters. The number of hydrogen-bond acceptors (Lipinski definition) is 5. The number of rotatable bonds is 3. The second-order valence-corrected chi connectivity index (χ2v) is 6.24. The number of anilines is 1. The van der Waals surface area contributed by atoms with Crippen molar-refractivity contribution in [2.45, 2.75) is 45.7 Å². The van der Waals surface area contributed by atoms with Crippen LogP contribution in [0.2, 0.25) is 0 Å². The van der Waals surface area contributed by atoms with E-state index >= 15 is 0 Å². The van der Waals surface area contributed by atoms with Gasteiger partial charge in [0.2, 0.25) is 0 Å². The second kappa shape index (κ2) is 6.39. The van der Waals surface area contributed by atoms with Crippen LogP contribution in [0.4, 0.5) is 10.6 Å². The van der Waals surface area contributed by atoms with Crippen LogP contribution in [0.15, 0.2) is 12.1 Å². The molecule has 1 fully saturated rings. The molecule has 2 N–H and O–H groups in total. The van der Waals surface area contributed by atoms with Crippen molar-refractivity contribution < 1.29 is 4.79 Å². The van der Waals surface area contributed by atoms with Gasteiger partial charge in [0.15, 0.2) is 11.5 Å². The third-order valence-electron chi connectivity index (χ3n) is 3.98. The summed E-state index contributed by atoms with van der Waals surface area (Å²) < 4.78 is 1.76. The fourth-order valence-corrected chi connectivity index (χ4v) is 2.80. The van der Waals surface area contributed by atoms with E-state index < -0.39 is 0 Å². The van der Waals surface area contributed by atoms with E-state index in [9.17, 15) is 4.79 Å². The monoisotopic (exact) mass is 317 g/mol. The van der Waals surface area contributed by atoms with Gasteiger partial charge in [-0.3, -0.25) is 0 Å². The Kier molecular flexibility index (Phi) is 4.31. The SMILES string of the molecule is Cc1nnc2ccc(N3CCC(NC(=O)NC(C)C)CC3)nn12. The zero-order valence-corrected chi connectivity index (χ0v) is 13.8. The molecule has 0 aliphatic carbocycles. The van der Waals surface area contributed by atoms with E-state index in [-0.39, 0.29) is 18.1 Å². The van der Waals surface area contributed by atoms with E-state index in [1.807, 2.05) is 32.9 Å². The Balaban J connectivity index is 1.59. The zero-order chi connectivity index (χ0) is 16.4. The van der Waals surface area contributed by atoms with Crippen molar-refractivity contribution >= 4 is 17.5 Å². The van der Waals surface area contributed by atoms with Crippen LogP contribution in [0.25, 0.3) is 5.65 Å². The number of hydrogen-bond donors (Lipinski definition) is 2. The summed E-state index contributed by atoms with van der Waals surface area (Å²) in [5.74, 6) is 1.70. The molecule has 0 bridgehead atoms. The largest absolute Gasteiger partial charge is 0.355 e. The van der Waals surface area contributed by atoms with Crippen molar-refractivity contribution in [3.05, 3.63) is 18.0 Å². The molecule has 0 saturated carbocycles. The molecule has 2 aromatic rings. The van der Waals surface area contributed by atoms with Crippen molar-refractivity contribution in [1.29, 1.82) is 0 Å². The Hall–Kier alpha value is -2.38. The van der Waals surface area contributed by atoms with Crippen LogP contribution in [0.1, 0.15) is 32.5 Å². The van der Waals surface area contributed by atoms with E-state index in [0.717, 1.165) is 43.2 Å². The Morgan fingerprint density at radius 3 is 2.70 bits per heavy atom. The van der Waals surface area contributed by atoms with Gasteiger partial charge in [0.05, 0.1) is 0 Å². The average Bonchev–Trinajstić information content (AvgIpc) is 2.88. The van der Waals surface area contributed by atoms with Gasteiger partial charge < -0.3 is 15.5 Å². The Morgan fingerprint density at radius 1 is 1.26 bits per heavy atom. The highest BCUT2D eigenvalue weighted by atomic mass is 16.2. The van der Waals surface area contributed by atoms with Gasteiger partial charge in [-0.05, 0) is 45.7 Å². The van der Waals surface area contributed by atoms with Crippen LogP contribution in [0, 0.1) is 6.92 Å². The molecule has 1 saturated heterocycles. The summed E-state index contributed by atoms with van der Waals surface area (Å²) in [6.45, 7) is 7.53. The molecule has 0 radical (unpaired) electrons. The molecule has 3 heterocycles. The number of aryl methyl sites for hydroxylation is 1. The molecule has 124 valence electrons. The third-order valence-corrected chi connectivity index (χ3v) is 3.98. The first kappa shape index (κ1) is 15.5. The Labute approximate surface area is 135 Å². The molecule has 0 aromatic carbocycles. The van der Waals surface area contributed by atoms with Crippen molar-refractivity contribution in [1.82, 2.24) is 30.4 Å². The normalized spacial score (nSPS) is 16.1. The predicted octanol–water partition coefficient (Wildman–Crippen LogP) is 1.11. The number of urea groups is 1. The lowest BCUT2D eigenvalue weighted by Gasteiger charge is -2.33. The lowest BCUT2D eigenvalue weighted by molar-refractivity contribution is 0.232.